The van der Waals surface area contributed by atoms with Gasteiger partial charge >= 0.3 is 11.9 Å². The number of methoxy groups -OCH3 is 1. The van der Waals surface area contributed by atoms with Crippen LogP contribution in [0.2, 0.25) is 0 Å². The maximum Gasteiger partial charge on any atom is 0.397 e. The van der Waals surface area contributed by atoms with Gasteiger partial charge in [0.15, 0.2) is 6.61 Å². The van der Waals surface area contributed by atoms with Crippen molar-refractivity contribution in [2.45, 2.75) is 0 Å². The fourth-order valence-electron chi connectivity index (χ4n) is 1.62. The van der Waals surface area contributed by atoms with E-state index in [-0.39, 0.29) is 12.5 Å². The minimum atomic E-state index is -0.958. The summed E-state index contributed by atoms with van der Waals surface area (Å²) in [5, 5.41) is 2.62. The molecule has 0 saturated carbocycles. The van der Waals surface area contributed by atoms with Crippen molar-refractivity contribution in [2.24, 2.45) is 0 Å². The summed E-state index contributed by atoms with van der Waals surface area (Å²) in [5.41, 5.74) is 0.901. The summed E-state index contributed by atoms with van der Waals surface area (Å²) in [7, 11) is 2.57. The van der Waals surface area contributed by atoms with Crippen LogP contribution in [0.4, 0.5) is 11.4 Å². The Kier molecular flexibility index (Phi) is 3.37. The lowest BCUT2D eigenvalue weighted by Crippen LogP contribution is -2.34. The van der Waals surface area contributed by atoms with Crippen LogP contribution in [-0.4, -0.2) is 38.5 Å². The number of nitrogens with zero attached hydrogens (tertiary/aromatic N) is 1. The van der Waals surface area contributed by atoms with E-state index in [1.807, 2.05) is 0 Å². The number of anilines is 2. The lowest BCUT2D eigenvalue weighted by atomic mass is 10.2. The van der Waals surface area contributed by atoms with E-state index in [1.165, 1.54) is 7.05 Å². The average molecular weight is 264 g/mol. The van der Waals surface area contributed by atoms with Crippen LogP contribution in [0.3, 0.4) is 0 Å². The zero-order valence-corrected chi connectivity index (χ0v) is 10.4. The minimum Gasteiger partial charge on any atom is -0.482 e. The molecule has 7 nitrogen and oxygen atoms in total. The molecule has 0 saturated heterocycles. The van der Waals surface area contributed by atoms with Gasteiger partial charge in [-0.3, -0.25) is 9.59 Å². The third-order valence-corrected chi connectivity index (χ3v) is 2.65. The van der Waals surface area contributed by atoms with Crippen molar-refractivity contribution in [3.05, 3.63) is 18.2 Å². The Morgan fingerprint density at radius 1 is 1.42 bits per heavy atom. The van der Waals surface area contributed by atoms with Crippen LogP contribution in [0.15, 0.2) is 18.2 Å². The van der Waals surface area contributed by atoms with Crippen molar-refractivity contribution < 1.29 is 23.9 Å². The number of esters is 1. The first-order valence-corrected chi connectivity index (χ1v) is 5.45. The molecule has 100 valence electrons. The summed E-state index contributed by atoms with van der Waals surface area (Å²) in [6, 6.07) is 4.77. The lowest BCUT2D eigenvalue weighted by molar-refractivity contribution is -0.151. The average Bonchev–Trinajstić information content (AvgIpc) is 2.43. The van der Waals surface area contributed by atoms with Gasteiger partial charge in [-0.15, -0.1) is 0 Å². The largest absolute Gasteiger partial charge is 0.482 e. The Morgan fingerprint density at radius 3 is 2.84 bits per heavy atom. The first-order chi connectivity index (χ1) is 9.02. The number of fused-ring (bicyclic) bond motifs is 1. The number of nitrogens with one attached hydrogen (secondary N) is 1. The number of amides is 2. The summed E-state index contributed by atoms with van der Waals surface area (Å²) < 4.78 is 9.55. The normalized spacial score (nSPS) is 12.8. The fraction of sp³-hybridized carbons (Fsp3) is 0.250. The Bertz CT molecular complexity index is 555. The van der Waals surface area contributed by atoms with Gasteiger partial charge in [-0.1, -0.05) is 0 Å². The molecule has 1 aromatic carbocycles. The van der Waals surface area contributed by atoms with Gasteiger partial charge in [0.2, 0.25) is 0 Å². The third-order valence-electron chi connectivity index (χ3n) is 2.65. The van der Waals surface area contributed by atoms with Crippen molar-refractivity contribution in [2.75, 3.05) is 31.0 Å². The van der Waals surface area contributed by atoms with Crippen LogP contribution in [0.1, 0.15) is 0 Å². The van der Waals surface area contributed by atoms with E-state index in [0.29, 0.717) is 17.1 Å². The lowest BCUT2D eigenvalue weighted by Gasteiger charge is -2.21. The van der Waals surface area contributed by atoms with Gasteiger partial charge in [0.1, 0.15) is 5.75 Å². The summed E-state index contributed by atoms with van der Waals surface area (Å²) in [4.78, 5) is 35.1. The highest BCUT2D eigenvalue weighted by molar-refractivity contribution is 6.38. The molecule has 1 aromatic rings. The van der Waals surface area contributed by atoms with Gasteiger partial charge < -0.3 is 19.7 Å². The number of benzene rings is 1. The first-order valence-electron chi connectivity index (χ1n) is 5.45. The Labute approximate surface area is 109 Å². The van der Waals surface area contributed by atoms with E-state index >= 15 is 0 Å². The fourth-order valence-corrected chi connectivity index (χ4v) is 1.62. The molecule has 2 rings (SSSR count). The number of hydrogen-bond donors (Lipinski definition) is 1. The van der Waals surface area contributed by atoms with Crippen molar-refractivity contribution in [1.82, 2.24) is 0 Å². The second kappa shape index (κ2) is 4.97. The molecular formula is C12H12N2O5. The quantitative estimate of drug-likeness (QED) is 0.576. The maximum atomic E-state index is 11.6. The molecule has 1 heterocycles. The van der Waals surface area contributed by atoms with Crippen LogP contribution in [0, 0.1) is 0 Å². The molecule has 0 radical (unpaired) electrons. The maximum absolute atomic E-state index is 11.6. The molecule has 19 heavy (non-hydrogen) atoms. The Hall–Kier alpha value is -2.57. The third kappa shape index (κ3) is 2.49. The summed E-state index contributed by atoms with van der Waals surface area (Å²) >= 11 is 0. The standard InChI is InChI=1S/C12H12N2O5/c1-14(11(16)12(17)18-2)7-3-4-9-8(5-7)13-10(15)6-19-9/h3-5H,6H2,1-2H3,(H,13,15). The van der Waals surface area contributed by atoms with Crippen LogP contribution in [0.5, 0.6) is 5.75 Å². The number of hydrogen-bond acceptors (Lipinski definition) is 5. The number of ether oxygens (including phenoxy) is 2. The Morgan fingerprint density at radius 2 is 2.16 bits per heavy atom. The zero-order valence-electron chi connectivity index (χ0n) is 10.4. The first kappa shape index (κ1) is 12.9. The van der Waals surface area contributed by atoms with E-state index < -0.39 is 11.9 Å². The second-order valence-electron chi connectivity index (χ2n) is 3.87. The number of likely N-dealkylation sites (N-methyl/N-ethyl adjacent to an activating group) is 1. The molecule has 0 aliphatic carbocycles. The molecule has 0 bridgehead atoms. The van der Waals surface area contributed by atoms with Crippen LogP contribution in [-0.2, 0) is 19.1 Å². The summed E-state index contributed by atoms with van der Waals surface area (Å²) in [6.45, 7) is -0.0384. The van der Waals surface area contributed by atoms with Gasteiger partial charge in [0.05, 0.1) is 12.8 Å². The number of carbonyl (C=O) groups excluding carboxylic acids is 3. The second-order valence-corrected chi connectivity index (χ2v) is 3.87. The van der Waals surface area contributed by atoms with Crippen LogP contribution < -0.4 is 15.0 Å². The highest BCUT2D eigenvalue weighted by atomic mass is 16.5. The Balaban J connectivity index is 2.26. The van der Waals surface area contributed by atoms with Gasteiger partial charge in [-0.2, -0.15) is 0 Å². The van der Waals surface area contributed by atoms with Crippen molar-refractivity contribution in [3.8, 4) is 5.75 Å². The summed E-state index contributed by atoms with van der Waals surface area (Å²) in [5.74, 6) is -1.51. The topological polar surface area (TPSA) is 84.9 Å². The zero-order chi connectivity index (χ0) is 14.0. The van der Waals surface area contributed by atoms with Gasteiger partial charge in [-0.05, 0) is 18.2 Å². The minimum absolute atomic E-state index is 0.0384. The number of rotatable bonds is 1. The highest BCUT2D eigenvalue weighted by Crippen LogP contribution is 2.31. The molecule has 1 aliphatic rings. The molecule has 7 heteroatoms. The molecule has 0 aromatic heterocycles. The van der Waals surface area contributed by atoms with Gasteiger partial charge in [-0.25, -0.2) is 4.79 Å². The molecule has 0 spiro atoms. The molecule has 0 unspecified atom stereocenters. The van der Waals surface area contributed by atoms with Gasteiger partial charge in [0, 0.05) is 12.7 Å². The molecule has 0 atom stereocenters. The van der Waals surface area contributed by atoms with E-state index in [9.17, 15) is 14.4 Å². The van der Waals surface area contributed by atoms with E-state index in [2.05, 4.69) is 10.1 Å². The van der Waals surface area contributed by atoms with Crippen molar-refractivity contribution in [3.63, 3.8) is 0 Å². The SMILES string of the molecule is COC(=O)C(=O)N(C)c1ccc2c(c1)NC(=O)CO2. The van der Waals surface area contributed by atoms with E-state index in [4.69, 9.17) is 4.74 Å². The number of carbonyl (C=O) groups is 3. The van der Waals surface area contributed by atoms with Crippen LogP contribution in [0.25, 0.3) is 0 Å². The molecule has 0 fully saturated rings. The predicted octanol–water partition coefficient (Wildman–Crippen LogP) is 0.153. The summed E-state index contributed by atoms with van der Waals surface area (Å²) in [6.07, 6.45) is 0. The highest BCUT2D eigenvalue weighted by Gasteiger charge is 2.22. The predicted molar refractivity (Wildman–Crippen MR) is 66.0 cm³/mol. The molecule has 1 aliphatic heterocycles. The van der Waals surface area contributed by atoms with Crippen molar-refractivity contribution in [1.29, 1.82) is 0 Å². The van der Waals surface area contributed by atoms with Gasteiger partial charge in [0.25, 0.3) is 5.91 Å². The molecule has 1 N–H and O–H groups in total. The van der Waals surface area contributed by atoms with E-state index in [0.717, 1.165) is 12.0 Å². The monoisotopic (exact) mass is 264 g/mol. The van der Waals surface area contributed by atoms with Crippen LogP contribution >= 0.6 is 0 Å². The molecular weight excluding hydrogens is 252 g/mol. The van der Waals surface area contributed by atoms with E-state index in [1.54, 1.807) is 18.2 Å². The molecule has 2 amide bonds. The van der Waals surface area contributed by atoms with Crippen molar-refractivity contribution >= 4 is 29.2 Å². The smallest absolute Gasteiger partial charge is 0.397 e.